The first-order valence-electron chi connectivity index (χ1n) is 11.8. The van der Waals surface area contributed by atoms with Crippen molar-refractivity contribution < 1.29 is 19.1 Å². The summed E-state index contributed by atoms with van der Waals surface area (Å²) in [7, 11) is 3.48. The van der Waals surface area contributed by atoms with Crippen molar-refractivity contribution in [2.24, 2.45) is 11.8 Å². The van der Waals surface area contributed by atoms with Gasteiger partial charge in [-0.3, -0.25) is 14.5 Å². The van der Waals surface area contributed by atoms with Crippen LogP contribution in [0.15, 0.2) is 29.8 Å². The third kappa shape index (κ3) is 5.95. The van der Waals surface area contributed by atoms with Crippen LogP contribution in [0.4, 0.5) is 5.69 Å². The van der Waals surface area contributed by atoms with E-state index in [1.165, 1.54) is 0 Å². The molecule has 2 aromatic rings. The molecule has 4 rings (SSSR count). The normalized spacial score (nSPS) is 24.5. The fourth-order valence-electron chi connectivity index (χ4n) is 4.24. The molecule has 2 aliphatic rings. The van der Waals surface area contributed by atoms with Gasteiger partial charge >= 0.3 is 0 Å². The number of likely N-dealkylation sites (N-methyl/N-ethyl adjacent to an activating group) is 1. The zero-order chi connectivity index (χ0) is 24.2. The van der Waals surface area contributed by atoms with E-state index in [4.69, 9.17) is 9.47 Å². The number of hydrogen-bond donors (Lipinski definition) is 1. The number of nitrogens with zero attached hydrogens (tertiary/aromatic N) is 3. The predicted molar refractivity (Wildman–Crippen MR) is 132 cm³/mol. The summed E-state index contributed by atoms with van der Waals surface area (Å²) in [5, 5.41) is 5.99. The number of benzene rings is 1. The number of thiazole rings is 1. The number of nitrogens with one attached hydrogen (secondary N) is 1. The number of anilines is 1. The fourth-order valence-corrected chi connectivity index (χ4v) is 4.89. The van der Waals surface area contributed by atoms with Crippen molar-refractivity contribution in [3.05, 3.63) is 40.3 Å². The van der Waals surface area contributed by atoms with Gasteiger partial charge in [-0.2, -0.15) is 0 Å². The summed E-state index contributed by atoms with van der Waals surface area (Å²) in [6.45, 7) is 6.69. The van der Waals surface area contributed by atoms with E-state index in [9.17, 15) is 9.59 Å². The molecule has 1 fully saturated rings. The summed E-state index contributed by atoms with van der Waals surface area (Å²) >= 11 is 1.64. The fraction of sp³-hybridized carbons (Fsp3) is 0.560. The van der Waals surface area contributed by atoms with Crippen LogP contribution in [0.2, 0.25) is 0 Å². The number of methoxy groups -OCH3 is 1. The smallest absolute Gasteiger partial charge is 0.257 e. The van der Waals surface area contributed by atoms with E-state index < -0.39 is 0 Å². The first-order chi connectivity index (χ1) is 16.4. The Balaban J connectivity index is 1.61. The molecule has 3 atom stereocenters. The highest BCUT2D eigenvalue weighted by atomic mass is 32.1. The molecule has 1 saturated carbocycles. The molecule has 1 aromatic heterocycles. The number of carbonyl (C=O) groups excluding carboxylic acids is 2. The zero-order valence-electron chi connectivity index (χ0n) is 20.3. The molecule has 1 aliphatic carbocycles. The van der Waals surface area contributed by atoms with Crippen molar-refractivity contribution in [3.8, 4) is 5.75 Å². The molecule has 2 heterocycles. The van der Waals surface area contributed by atoms with E-state index in [2.05, 4.69) is 29.0 Å². The number of amides is 2. The van der Waals surface area contributed by atoms with Crippen molar-refractivity contribution in [3.63, 3.8) is 0 Å². The standard InChI is InChI=1S/C25H34N4O4S/c1-16-12-29(14-23-26-9-10-34-23)17(2)15-33-21-8-7-19(27-24(30)18-5-6-18)11-20(21)25(31)28(3)13-22(16)32-4/h7-11,16-18,22H,5-6,12-15H2,1-4H3,(H,27,30)/t16-,17-,22+/m1/s1. The Morgan fingerprint density at radius 2 is 2.09 bits per heavy atom. The van der Waals surface area contributed by atoms with Crippen molar-refractivity contribution in [1.82, 2.24) is 14.8 Å². The minimum atomic E-state index is -0.153. The Bertz CT molecular complexity index is 995. The van der Waals surface area contributed by atoms with Crippen LogP contribution in [0.3, 0.4) is 0 Å². The van der Waals surface area contributed by atoms with Crippen LogP contribution < -0.4 is 10.1 Å². The summed E-state index contributed by atoms with van der Waals surface area (Å²) in [5.74, 6) is 0.647. The average Bonchev–Trinajstić information content (AvgIpc) is 3.56. The highest BCUT2D eigenvalue weighted by Gasteiger charge is 2.31. The molecule has 0 spiro atoms. The minimum Gasteiger partial charge on any atom is -0.491 e. The van der Waals surface area contributed by atoms with Gasteiger partial charge in [0, 0.05) is 56.5 Å². The lowest BCUT2D eigenvalue weighted by Crippen LogP contribution is -2.46. The molecular weight excluding hydrogens is 452 g/mol. The Morgan fingerprint density at radius 3 is 2.76 bits per heavy atom. The van der Waals surface area contributed by atoms with Crippen molar-refractivity contribution >= 4 is 28.8 Å². The van der Waals surface area contributed by atoms with Gasteiger partial charge in [0.15, 0.2) is 0 Å². The van der Waals surface area contributed by atoms with Gasteiger partial charge in [0.25, 0.3) is 5.91 Å². The lowest BCUT2D eigenvalue weighted by molar-refractivity contribution is -0.117. The number of fused-ring (bicyclic) bond motifs is 1. The number of ether oxygens (including phenoxy) is 2. The van der Waals surface area contributed by atoms with Gasteiger partial charge in [-0.15, -0.1) is 11.3 Å². The largest absolute Gasteiger partial charge is 0.491 e. The molecule has 1 N–H and O–H groups in total. The van der Waals surface area contributed by atoms with Crippen LogP contribution in [-0.2, 0) is 16.1 Å². The molecule has 2 amide bonds. The van der Waals surface area contributed by atoms with Gasteiger partial charge in [-0.1, -0.05) is 6.92 Å². The molecule has 184 valence electrons. The highest BCUT2D eigenvalue weighted by molar-refractivity contribution is 7.09. The molecule has 8 nitrogen and oxygen atoms in total. The summed E-state index contributed by atoms with van der Waals surface area (Å²) in [6, 6.07) is 5.40. The summed E-state index contributed by atoms with van der Waals surface area (Å²) in [4.78, 5) is 34.2. The van der Waals surface area contributed by atoms with Gasteiger partial charge in [-0.25, -0.2) is 4.98 Å². The molecule has 9 heteroatoms. The lowest BCUT2D eigenvalue weighted by atomic mass is 10.0. The molecule has 1 aliphatic heterocycles. The van der Waals surface area contributed by atoms with Crippen molar-refractivity contribution in [2.75, 3.05) is 39.2 Å². The maximum Gasteiger partial charge on any atom is 0.257 e. The molecule has 0 bridgehead atoms. The summed E-state index contributed by atoms with van der Waals surface area (Å²) < 4.78 is 12.0. The molecule has 0 saturated heterocycles. The Morgan fingerprint density at radius 1 is 1.29 bits per heavy atom. The Hall–Kier alpha value is -2.49. The van der Waals surface area contributed by atoms with Crippen molar-refractivity contribution in [1.29, 1.82) is 0 Å². The third-order valence-electron chi connectivity index (χ3n) is 6.61. The van der Waals surface area contributed by atoms with Gasteiger partial charge in [-0.05, 0) is 43.9 Å². The zero-order valence-corrected chi connectivity index (χ0v) is 21.1. The van der Waals surface area contributed by atoms with Gasteiger partial charge < -0.3 is 19.7 Å². The number of rotatable bonds is 5. The monoisotopic (exact) mass is 486 g/mol. The Kier molecular flexibility index (Phi) is 7.85. The third-order valence-corrected chi connectivity index (χ3v) is 7.38. The molecule has 1 aromatic carbocycles. The van der Waals surface area contributed by atoms with Gasteiger partial charge in [0.2, 0.25) is 5.91 Å². The lowest BCUT2D eigenvalue weighted by Gasteiger charge is -2.35. The van der Waals surface area contributed by atoms with Crippen LogP contribution >= 0.6 is 11.3 Å². The Labute approximate surface area is 205 Å². The molecule has 0 radical (unpaired) electrons. The van der Waals surface area contributed by atoms with E-state index >= 15 is 0 Å². The first-order valence-corrected chi connectivity index (χ1v) is 12.7. The number of hydrogen-bond acceptors (Lipinski definition) is 7. The topological polar surface area (TPSA) is 84.0 Å². The molecule has 0 unspecified atom stereocenters. The van der Waals surface area contributed by atoms with E-state index in [-0.39, 0.29) is 35.8 Å². The average molecular weight is 487 g/mol. The first kappa shape index (κ1) is 24.6. The minimum absolute atomic E-state index is 0.00884. The van der Waals surface area contributed by atoms with Crippen LogP contribution in [0.1, 0.15) is 42.1 Å². The predicted octanol–water partition coefficient (Wildman–Crippen LogP) is 3.50. The second kappa shape index (κ2) is 10.8. The second-order valence-electron chi connectivity index (χ2n) is 9.43. The van der Waals surface area contributed by atoms with E-state index in [1.54, 1.807) is 48.6 Å². The highest BCUT2D eigenvalue weighted by Crippen LogP contribution is 2.31. The van der Waals surface area contributed by atoms with Crippen LogP contribution in [0.25, 0.3) is 0 Å². The maximum atomic E-state index is 13.4. The number of aromatic nitrogens is 1. The summed E-state index contributed by atoms with van der Waals surface area (Å²) in [5.41, 5.74) is 1.06. The van der Waals surface area contributed by atoms with E-state index in [0.29, 0.717) is 30.2 Å². The van der Waals surface area contributed by atoms with E-state index in [0.717, 1.165) is 30.9 Å². The van der Waals surface area contributed by atoms with Crippen LogP contribution in [0, 0.1) is 11.8 Å². The molecule has 34 heavy (non-hydrogen) atoms. The maximum absolute atomic E-state index is 13.4. The van der Waals surface area contributed by atoms with Crippen molar-refractivity contribution in [2.45, 2.75) is 45.4 Å². The summed E-state index contributed by atoms with van der Waals surface area (Å²) in [6.07, 6.45) is 3.55. The molecular formula is C25H34N4O4S. The van der Waals surface area contributed by atoms with E-state index in [1.807, 2.05) is 11.6 Å². The number of carbonyl (C=O) groups is 2. The van der Waals surface area contributed by atoms with Crippen LogP contribution in [-0.4, -0.2) is 72.6 Å². The SMILES string of the molecule is CO[C@H]1CN(C)C(=O)c2cc(NC(=O)C3CC3)ccc2OC[C@@H](C)N(Cc2nccs2)C[C@H]1C. The quantitative estimate of drug-likeness (QED) is 0.697. The van der Waals surface area contributed by atoms with Gasteiger partial charge in [0.05, 0.1) is 18.2 Å². The second-order valence-corrected chi connectivity index (χ2v) is 10.4. The van der Waals surface area contributed by atoms with Gasteiger partial charge in [0.1, 0.15) is 17.4 Å². The van der Waals surface area contributed by atoms with Crippen LogP contribution in [0.5, 0.6) is 5.75 Å².